The number of carbonyl (C=O) groups excluding carboxylic acids is 1. The Hall–Kier alpha value is -3.06. The molecule has 11 nitrogen and oxygen atoms in total. The molecule has 6 atom stereocenters. The number of hydrogen-bond acceptors (Lipinski definition) is 11. The van der Waals surface area contributed by atoms with Gasteiger partial charge in [0.05, 0.1) is 53.4 Å². The molecule has 3 aliphatic rings. The standard InChI is InChI=1S/C27H32N2O9/c1-11-23(31)14(28)8-17(37-11)38-16-10-27(35,6-7-30)9-13-19(16)26(34)20-21(25(13)33)24(32)12-4-3-5-15(36-2)18(12)22(20)29/h3-5,11,14,16-17,23,29-31,33-35H,6-10,28H2,1-2H3/t11?,14?,16-,17?,23?,27?/m0/s1. The minimum Gasteiger partial charge on any atom is -0.507 e. The van der Waals surface area contributed by atoms with Crippen LogP contribution in [0.1, 0.15) is 70.5 Å². The molecule has 1 saturated heterocycles. The average Bonchev–Trinajstić information content (AvgIpc) is 2.87. The Bertz CT molecular complexity index is 1300. The van der Waals surface area contributed by atoms with Crippen LogP contribution in [-0.2, 0) is 15.9 Å². The van der Waals surface area contributed by atoms with Crippen molar-refractivity contribution >= 4 is 11.5 Å². The predicted octanol–water partition coefficient (Wildman–Crippen LogP) is 1.01. The number of nitrogens with two attached hydrogens (primary N) is 1. The highest BCUT2D eigenvalue weighted by Gasteiger charge is 2.47. The quantitative estimate of drug-likeness (QED) is 0.235. The summed E-state index contributed by atoms with van der Waals surface area (Å²) < 4.78 is 17.3. The van der Waals surface area contributed by atoms with E-state index in [9.17, 15) is 30.3 Å². The zero-order valence-corrected chi connectivity index (χ0v) is 21.1. The molecular formula is C27H32N2O9. The zero-order valence-electron chi connectivity index (χ0n) is 21.1. The normalized spacial score (nSPS) is 30.4. The van der Waals surface area contributed by atoms with Gasteiger partial charge in [-0.2, -0.15) is 0 Å². The summed E-state index contributed by atoms with van der Waals surface area (Å²) in [4.78, 5) is 13.6. The SMILES string of the molecule is COc1cccc2c1C(=N)c1c(O)c3c(c(O)c1C2=O)CC(O)(CCO)C[C@@H]3OC1CC(N)C(O)C(C)O1. The number of ketones is 1. The molecule has 1 aliphatic heterocycles. The molecule has 0 saturated carbocycles. The van der Waals surface area contributed by atoms with Gasteiger partial charge in [-0.1, -0.05) is 12.1 Å². The van der Waals surface area contributed by atoms with Crippen LogP contribution >= 0.6 is 0 Å². The summed E-state index contributed by atoms with van der Waals surface area (Å²) in [7, 11) is 1.41. The van der Waals surface area contributed by atoms with Crippen LogP contribution in [0.5, 0.6) is 17.2 Å². The first-order valence-corrected chi connectivity index (χ1v) is 12.5. The molecule has 0 amide bonds. The molecule has 11 heteroatoms. The Morgan fingerprint density at radius 3 is 2.61 bits per heavy atom. The smallest absolute Gasteiger partial charge is 0.198 e. The first-order chi connectivity index (χ1) is 18.0. The number of carbonyl (C=O) groups is 1. The van der Waals surface area contributed by atoms with Gasteiger partial charge in [-0.05, 0) is 19.4 Å². The van der Waals surface area contributed by atoms with Crippen molar-refractivity contribution in [2.24, 2.45) is 5.73 Å². The highest BCUT2D eigenvalue weighted by atomic mass is 16.7. The summed E-state index contributed by atoms with van der Waals surface area (Å²) in [6.07, 6.45) is -3.64. The highest BCUT2D eigenvalue weighted by Crippen LogP contribution is 2.52. The molecule has 1 heterocycles. The van der Waals surface area contributed by atoms with Gasteiger partial charge in [-0.25, -0.2) is 0 Å². The molecule has 0 spiro atoms. The van der Waals surface area contributed by atoms with E-state index >= 15 is 0 Å². The largest absolute Gasteiger partial charge is 0.507 e. The van der Waals surface area contributed by atoms with E-state index in [1.807, 2.05) is 0 Å². The van der Waals surface area contributed by atoms with Gasteiger partial charge in [0, 0.05) is 48.6 Å². The van der Waals surface area contributed by atoms with Crippen LogP contribution in [0.2, 0.25) is 0 Å². The molecule has 204 valence electrons. The van der Waals surface area contributed by atoms with Crippen molar-refractivity contribution in [1.82, 2.24) is 0 Å². The van der Waals surface area contributed by atoms with Gasteiger partial charge in [0.25, 0.3) is 0 Å². The van der Waals surface area contributed by atoms with Crippen LogP contribution in [0.4, 0.5) is 0 Å². The molecule has 1 fully saturated rings. The van der Waals surface area contributed by atoms with Gasteiger partial charge in [0.2, 0.25) is 0 Å². The monoisotopic (exact) mass is 528 g/mol. The lowest BCUT2D eigenvalue weighted by Crippen LogP contribution is -2.52. The van der Waals surface area contributed by atoms with Crippen molar-refractivity contribution < 1.29 is 44.5 Å². The molecule has 0 aromatic heterocycles. The summed E-state index contributed by atoms with van der Waals surface area (Å²) >= 11 is 0. The molecule has 2 aromatic carbocycles. The zero-order chi connectivity index (χ0) is 27.5. The second-order valence-corrected chi connectivity index (χ2v) is 10.3. The third kappa shape index (κ3) is 4.06. The molecule has 0 radical (unpaired) electrons. The predicted molar refractivity (Wildman–Crippen MR) is 134 cm³/mol. The Morgan fingerprint density at radius 2 is 1.95 bits per heavy atom. The Labute approximate surface area is 218 Å². The van der Waals surface area contributed by atoms with Crippen molar-refractivity contribution in [3.63, 3.8) is 0 Å². The van der Waals surface area contributed by atoms with E-state index in [2.05, 4.69) is 0 Å². The van der Waals surface area contributed by atoms with Gasteiger partial charge >= 0.3 is 0 Å². The van der Waals surface area contributed by atoms with Gasteiger partial charge in [0.15, 0.2) is 12.1 Å². The third-order valence-electron chi connectivity index (χ3n) is 7.84. The topological polar surface area (TPSA) is 196 Å². The number of ether oxygens (including phenoxy) is 3. The Morgan fingerprint density at radius 1 is 1.21 bits per heavy atom. The van der Waals surface area contributed by atoms with Crippen molar-refractivity contribution in [3.8, 4) is 17.2 Å². The number of aliphatic hydroxyl groups is 3. The van der Waals surface area contributed by atoms with Crippen LogP contribution in [-0.4, -0.2) is 80.9 Å². The van der Waals surface area contributed by atoms with Crippen LogP contribution in [0, 0.1) is 5.41 Å². The first kappa shape index (κ1) is 26.5. The highest BCUT2D eigenvalue weighted by molar-refractivity contribution is 6.32. The molecule has 0 bridgehead atoms. The van der Waals surface area contributed by atoms with Crippen LogP contribution in [0.15, 0.2) is 18.2 Å². The van der Waals surface area contributed by atoms with Crippen LogP contribution < -0.4 is 10.5 Å². The summed E-state index contributed by atoms with van der Waals surface area (Å²) in [6, 6.07) is 4.07. The van der Waals surface area contributed by atoms with Gasteiger partial charge in [-0.3, -0.25) is 10.2 Å². The van der Waals surface area contributed by atoms with Crippen molar-refractivity contribution in [1.29, 1.82) is 5.41 Å². The number of phenols is 2. The number of rotatable bonds is 5. The molecule has 38 heavy (non-hydrogen) atoms. The molecule has 2 aliphatic carbocycles. The van der Waals surface area contributed by atoms with E-state index in [1.54, 1.807) is 19.1 Å². The molecule has 5 rings (SSSR count). The summed E-state index contributed by atoms with van der Waals surface area (Å²) in [5.41, 5.74) is 4.46. The van der Waals surface area contributed by atoms with Gasteiger partial charge in [-0.15, -0.1) is 0 Å². The lowest BCUT2D eigenvalue weighted by atomic mass is 9.72. The second-order valence-electron chi connectivity index (χ2n) is 10.3. The molecule has 8 N–H and O–H groups in total. The van der Waals surface area contributed by atoms with Crippen molar-refractivity contribution in [2.45, 2.75) is 68.9 Å². The number of benzene rings is 2. The fourth-order valence-corrected chi connectivity index (χ4v) is 5.91. The Kier molecular flexibility index (Phi) is 6.70. The van der Waals surface area contributed by atoms with Crippen molar-refractivity contribution in [3.05, 3.63) is 51.6 Å². The van der Waals surface area contributed by atoms with Crippen molar-refractivity contribution in [2.75, 3.05) is 13.7 Å². The van der Waals surface area contributed by atoms with E-state index in [-0.39, 0.29) is 77.1 Å². The lowest BCUT2D eigenvalue weighted by Gasteiger charge is -2.43. The van der Waals surface area contributed by atoms with Crippen LogP contribution in [0.25, 0.3) is 0 Å². The maximum absolute atomic E-state index is 13.6. The number of methoxy groups -OCH3 is 1. The van der Waals surface area contributed by atoms with E-state index in [4.69, 9.17) is 25.4 Å². The van der Waals surface area contributed by atoms with Crippen LogP contribution in [0.3, 0.4) is 0 Å². The van der Waals surface area contributed by atoms with Gasteiger partial charge < -0.3 is 45.5 Å². The maximum atomic E-state index is 13.6. The first-order valence-electron chi connectivity index (χ1n) is 12.5. The van der Waals surface area contributed by atoms with Gasteiger partial charge in [0.1, 0.15) is 17.2 Å². The van der Waals surface area contributed by atoms with E-state index in [1.165, 1.54) is 13.2 Å². The van der Waals surface area contributed by atoms with E-state index in [0.717, 1.165) is 0 Å². The summed E-state index contributed by atoms with van der Waals surface area (Å²) in [6.45, 7) is 1.30. The second kappa shape index (κ2) is 9.60. The van der Waals surface area contributed by atoms with E-state index < -0.39 is 53.5 Å². The number of hydrogen-bond donors (Lipinski definition) is 7. The van der Waals surface area contributed by atoms with E-state index in [0.29, 0.717) is 0 Å². The fourth-order valence-electron chi connectivity index (χ4n) is 5.91. The number of phenolic OH excluding ortho intramolecular Hbond substituents is 2. The number of aromatic hydroxyl groups is 2. The minimum atomic E-state index is -1.53. The summed E-state index contributed by atoms with van der Waals surface area (Å²) in [5, 5.41) is 63.0. The average molecular weight is 529 g/mol. The third-order valence-corrected chi connectivity index (χ3v) is 7.84. The minimum absolute atomic E-state index is 0.0481. The number of nitrogens with one attached hydrogen (secondary N) is 1. The maximum Gasteiger partial charge on any atom is 0.198 e. The summed E-state index contributed by atoms with van der Waals surface area (Å²) in [5.74, 6) is -1.22. The number of aliphatic hydroxyl groups excluding tert-OH is 2. The Balaban J connectivity index is 1.66. The molecule has 2 aromatic rings. The molecular weight excluding hydrogens is 496 g/mol. The lowest BCUT2D eigenvalue weighted by molar-refractivity contribution is -0.248. The molecule has 5 unspecified atom stereocenters. The fraction of sp³-hybridized carbons (Fsp3) is 0.481. The number of fused-ring (bicyclic) bond motifs is 3.